The van der Waals surface area contributed by atoms with Gasteiger partial charge in [0.1, 0.15) is 0 Å². The molecule has 25 heavy (non-hydrogen) atoms. The SMILES string of the molecule is CCCN1CCC(CNC(=O)c2ccc3c(c2)NC(=O)CCS3)CC1. The summed E-state index contributed by atoms with van der Waals surface area (Å²) in [5, 5.41) is 5.97. The number of likely N-dealkylation sites (tertiary alicyclic amines) is 1. The Kier molecular flexibility index (Phi) is 6.37. The van der Waals surface area contributed by atoms with E-state index in [1.165, 1.54) is 13.0 Å². The summed E-state index contributed by atoms with van der Waals surface area (Å²) in [6, 6.07) is 5.58. The zero-order valence-electron chi connectivity index (χ0n) is 14.8. The van der Waals surface area contributed by atoms with Crippen molar-refractivity contribution in [2.45, 2.75) is 37.5 Å². The normalized spacial score (nSPS) is 19.0. The van der Waals surface area contributed by atoms with Crippen LogP contribution in [-0.4, -0.2) is 48.6 Å². The molecule has 2 amide bonds. The molecule has 5 nitrogen and oxygen atoms in total. The number of amides is 2. The highest BCUT2D eigenvalue weighted by atomic mass is 32.2. The van der Waals surface area contributed by atoms with Crippen LogP contribution in [0.1, 0.15) is 43.0 Å². The first-order valence-corrected chi connectivity index (χ1v) is 10.2. The lowest BCUT2D eigenvalue weighted by atomic mass is 9.96. The molecule has 2 N–H and O–H groups in total. The summed E-state index contributed by atoms with van der Waals surface area (Å²) < 4.78 is 0. The first-order chi connectivity index (χ1) is 12.2. The molecule has 136 valence electrons. The average molecular weight is 362 g/mol. The Balaban J connectivity index is 1.53. The molecule has 3 rings (SSSR count). The molecule has 6 heteroatoms. The summed E-state index contributed by atoms with van der Waals surface area (Å²) in [6.45, 7) is 6.40. The van der Waals surface area contributed by atoms with Gasteiger partial charge < -0.3 is 15.5 Å². The van der Waals surface area contributed by atoms with Gasteiger partial charge in [-0.3, -0.25) is 9.59 Å². The lowest BCUT2D eigenvalue weighted by molar-refractivity contribution is -0.115. The molecular formula is C19H27N3O2S. The minimum absolute atomic E-state index is 0.0163. The van der Waals surface area contributed by atoms with Crippen molar-refractivity contribution in [3.8, 4) is 0 Å². The van der Waals surface area contributed by atoms with Gasteiger partial charge in [0.05, 0.1) is 5.69 Å². The number of piperidine rings is 1. The molecule has 0 radical (unpaired) electrons. The number of fused-ring (bicyclic) bond motifs is 1. The standard InChI is InChI=1S/C19H27N3O2S/c1-2-8-22-9-5-14(6-10-22)13-20-19(24)15-3-4-17-16(12-15)21-18(23)7-11-25-17/h3-4,12,14H,2,5-11,13H2,1H3,(H,20,24)(H,21,23). The number of benzene rings is 1. The van der Waals surface area contributed by atoms with E-state index in [0.717, 1.165) is 48.8 Å². The molecule has 0 saturated carbocycles. The van der Waals surface area contributed by atoms with Gasteiger partial charge in [0.25, 0.3) is 5.91 Å². The van der Waals surface area contributed by atoms with Crippen LogP contribution in [-0.2, 0) is 4.79 Å². The number of thioether (sulfide) groups is 1. The predicted molar refractivity (Wildman–Crippen MR) is 102 cm³/mol. The summed E-state index contributed by atoms with van der Waals surface area (Å²) >= 11 is 1.65. The maximum atomic E-state index is 12.5. The Labute approximate surface area is 153 Å². The maximum Gasteiger partial charge on any atom is 0.251 e. The summed E-state index contributed by atoms with van der Waals surface area (Å²) in [7, 11) is 0. The highest BCUT2D eigenvalue weighted by molar-refractivity contribution is 7.99. The van der Waals surface area contributed by atoms with E-state index >= 15 is 0 Å². The van der Waals surface area contributed by atoms with Crippen LogP contribution in [0.5, 0.6) is 0 Å². The third-order valence-electron chi connectivity index (χ3n) is 4.90. The second-order valence-electron chi connectivity index (χ2n) is 6.85. The third kappa shape index (κ3) is 4.98. The Morgan fingerprint density at radius 1 is 1.36 bits per heavy atom. The topological polar surface area (TPSA) is 61.4 Å². The van der Waals surface area contributed by atoms with E-state index in [4.69, 9.17) is 0 Å². The van der Waals surface area contributed by atoms with Crippen molar-refractivity contribution < 1.29 is 9.59 Å². The maximum absolute atomic E-state index is 12.5. The van der Waals surface area contributed by atoms with Gasteiger partial charge in [-0.2, -0.15) is 0 Å². The van der Waals surface area contributed by atoms with Crippen molar-refractivity contribution in [2.24, 2.45) is 5.92 Å². The van der Waals surface area contributed by atoms with E-state index in [9.17, 15) is 9.59 Å². The molecule has 1 aromatic rings. The van der Waals surface area contributed by atoms with Crippen molar-refractivity contribution in [2.75, 3.05) is 37.2 Å². The number of nitrogens with zero attached hydrogens (tertiary/aromatic N) is 1. The molecule has 0 spiro atoms. The van der Waals surface area contributed by atoms with Gasteiger partial charge in [0.15, 0.2) is 0 Å². The van der Waals surface area contributed by atoms with Gasteiger partial charge >= 0.3 is 0 Å². The van der Waals surface area contributed by atoms with Crippen molar-refractivity contribution >= 4 is 29.3 Å². The number of nitrogens with one attached hydrogen (secondary N) is 2. The fourth-order valence-electron chi connectivity index (χ4n) is 3.43. The zero-order valence-corrected chi connectivity index (χ0v) is 15.7. The Bertz CT molecular complexity index is 627. The van der Waals surface area contributed by atoms with E-state index in [-0.39, 0.29) is 11.8 Å². The number of rotatable bonds is 5. The van der Waals surface area contributed by atoms with Crippen LogP contribution in [0.4, 0.5) is 5.69 Å². The highest BCUT2D eigenvalue weighted by Gasteiger charge is 2.20. The second-order valence-corrected chi connectivity index (χ2v) is 7.99. The van der Waals surface area contributed by atoms with Crippen molar-refractivity contribution in [3.63, 3.8) is 0 Å². The Morgan fingerprint density at radius 2 is 2.16 bits per heavy atom. The van der Waals surface area contributed by atoms with Crippen LogP contribution in [0.3, 0.4) is 0 Å². The van der Waals surface area contributed by atoms with Crippen LogP contribution in [0.2, 0.25) is 0 Å². The molecule has 2 aliphatic heterocycles. The highest BCUT2D eigenvalue weighted by Crippen LogP contribution is 2.31. The van der Waals surface area contributed by atoms with Gasteiger partial charge in [-0.25, -0.2) is 0 Å². The van der Waals surface area contributed by atoms with Crippen molar-refractivity contribution in [1.82, 2.24) is 10.2 Å². The molecule has 0 aromatic heterocycles. The molecule has 1 fully saturated rings. The van der Waals surface area contributed by atoms with Crippen LogP contribution in [0.25, 0.3) is 0 Å². The molecule has 0 atom stereocenters. The monoisotopic (exact) mass is 361 g/mol. The van der Waals surface area contributed by atoms with E-state index in [0.29, 0.717) is 17.9 Å². The summed E-state index contributed by atoms with van der Waals surface area (Å²) in [6.07, 6.45) is 4.01. The number of hydrogen-bond acceptors (Lipinski definition) is 4. The van der Waals surface area contributed by atoms with E-state index < -0.39 is 0 Å². The van der Waals surface area contributed by atoms with Crippen LogP contribution < -0.4 is 10.6 Å². The van der Waals surface area contributed by atoms with Gasteiger partial charge in [0.2, 0.25) is 5.91 Å². The summed E-state index contributed by atoms with van der Waals surface area (Å²) in [5.74, 6) is 1.30. The lowest BCUT2D eigenvalue weighted by Gasteiger charge is -2.31. The van der Waals surface area contributed by atoms with Gasteiger partial charge in [-0.1, -0.05) is 6.92 Å². The number of carbonyl (C=O) groups excluding carboxylic acids is 2. The van der Waals surface area contributed by atoms with Gasteiger partial charge in [-0.05, 0) is 63.0 Å². The fourth-order valence-corrected chi connectivity index (χ4v) is 4.37. The molecule has 1 aromatic carbocycles. The summed E-state index contributed by atoms with van der Waals surface area (Å²) in [5.41, 5.74) is 1.37. The minimum Gasteiger partial charge on any atom is -0.352 e. The number of anilines is 1. The molecule has 2 aliphatic rings. The second kappa shape index (κ2) is 8.72. The molecule has 2 heterocycles. The molecule has 1 saturated heterocycles. The van der Waals surface area contributed by atoms with E-state index in [2.05, 4.69) is 22.5 Å². The third-order valence-corrected chi connectivity index (χ3v) is 5.98. The van der Waals surface area contributed by atoms with Gasteiger partial charge in [0, 0.05) is 29.2 Å². The Morgan fingerprint density at radius 3 is 2.92 bits per heavy atom. The van der Waals surface area contributed by atoms with E-state index in [1.54, 1.807) is 17.8 Å². The minimum atomic E-state index is -0.0534. The van der Waals surface area contributed by atoms with E-state index in [1.807, 2.05) is 12.1 Å². The molecule has 0 unspecified atom stereocenters. The van der Waals surface area contributed by atoms with Crippen LogP contribution >= 0.6 is 11.8 Å². The fraction of sp³-hybridized carbons (Fsp3) is 0.579. The first-order valence-electron chi connectivity index (χ1n) is 9.23. The lowest BCUT2D eigenvalue weighted by Crippen LogP contribution is -2.38. The van der Waals surface area contributed by atoms with Crippen molar-refractivity contribution in [3.05, 3.63) is 23.8 Å². The largest absolute Gasteiger partial charge is 0.352 e. The molecular weight excluding hydrogens is 334 g/mol. The first kappa shape index (κ1) is 18.3. The predicted octanol–water partition coefficient (Wildman–Crippen LogP) is 2.97. The van der Waals surface area contributed by atoms with Crippen LogP contribution in [0.15, 0.2) is 23.1 Å². The molecule has 0 bridgehead atoms. The van der Waals surface area contributed by atoms with Crippen LogP contribution in [0, 0.1) is 5.92 Å². The average Bonchev–Trinajstić information content (AvgIpc) is 2.81. The van der Waals surface area contributed by atoms with Crippen molar-refractivity contribution in [1.29, 1.82) is 0 Å². The zero-order chi connectivity index (χ0) is 17.6. The van der Waals surface area contributed by atoms with Gasteiger partial charge in [-0.15, -0.1) is 11.8 Å². The summed E-state index contributed by atoms with van der Waals surface area (Å²) in [4.78, 5) is 27.7. The number of hydrogen-bond donors (Lipinski definition) is 2. The quantitative estimate of drug-likeness (QED) is 0.846. The number of carbonyl (C=O) groups is 2. The smallest absolute Gasteiger partial charge is 0.251 e. The molecule has 0 aliphatic carbocycles. The Hall–Kier alpha value is -1.53.